The molecule has 1 heteroatoms. The average molecular weight is 137 g/mol. The van der Waals surface area contributed by atoms with Crippen molar-refractivity contribution in [2.24, 2.45) is 11.8 Å². The Labute approximate surface area is 62.4 Å². The molecule has 0 spiro atoms. The summed E-state index contributed by atoms with van der Waals surface area (Å²) in [4.78, 5) is 2.69. The Morgan fingerprint density at radius 2 is 1.90 bits per heavy atom. The van der Waals surface area contributed by atoms with Crippen LogP contribution < -0.4 is 0 Å². The first-order chi connectivity index (χ1) is 4.93. The van der Waals surface area contributed by atoms with Crippen LogP contribution in [0.15, 0.2) is 0 Å². The summed E-state index contributed by atoms with van der Waals surface area (Å²) < 4.78 is 0. The quantitative estimate of drug-likeness (QED) is 0.489. The summed E-state index contributed by atoms with van der Waals surface area (Å²) in [6.07, 6.45) is 6.14. The molecule has 1 aliphatic carbocycles. The zero-order chi connectivity index (χ0) is 6.55. The Balaban J connectivity index is 1.74. The van der Waals surface area contributed by atoms with Gasteiger partial charge in [-0.1, -0.05) is 0 Å². The zero-order valence-electron chi connectivity index (χ0n) is 6.42. The highest BCUT2D eigenvalue weighted by molar-refractivity contribution is 4.97. The van der Waals surface area contributed by atoms with Gasteiger partial charge in [0.25, 0.3) is 0 Å². The minimum atomic E-state index is 1.03. The van der Waals surface area contributed by atoms with E-state index in [0.29, 0.717) is 0 Å². The molecule has 0 unspecified atom stereocenters. The van der Waals surface area contributed by atoms with Crippen LogP contribution in [0.2, 0.25) is 0 Å². The minimum Gasteiger partial charge on any atom is -0.300 e. The molecular formula is C9H15N. The minimum absolute atomic E-state index is 1.03. The van der Waals surface area contributed by atoms with Gasteiger partial charge in [-0.3, -0.25) is 4.90 Å². The lowest BCUT2D eigenvalue weighted by Gasteiger charge is -2.54. The highest BCUT2D eigenvalue weighted by atomic mass is 15.2. The van der Waals surface area contributed by atoms with Gasteiger partial charge in [-0.2, -0.15) is 0 Å². The molecule has 3 aliphatic rings. The summed E-state index contributed by atoms with van der Waals surface area (Å²) >= 11 is 0. The van der Waals surface area contributed by atoms with Crippen LogP contribution in [0.5, 0.6) is 0 Å². The SMILES string of the molecule is C1C[C@H]2C[C@H]3CCN3C[C@@H]12. The highest BCUT2D eigenvalue weighted by Gasteiger charge is 2.43. The van der Waals surface area contributed by atoms with Gasteiger partial charge in [0, 0.05) is 12.6 Å². The summed E-state index contributed by atoms with van der Waals surface area (Å²) in [5.41, 5.74) is 0. The Morgan fingerprint density at radius 1 is 1.00 bits per heavy atom. The Morgan fingerprint density at radius 3 is 2.40 bits per heavy atom. The van der Waals surface area contributed by atoms with E-state index in [4.69, 9.17) is 0 Å². The molecule has 3 atom stereocenters. The molecule has 0 bridgehead atoms. The Kier molecular flexibility index (Phi) is 0.984. The molecule has 0 N–H and O–H groups in total. The van der Waals surface area contributed by atoms with Crippen molar-refractivity contribution in [3.05, 3.63) is 0 Å². The molecule has 0 radical (unpaired) electrons. The van der Waals surface area contributed by atoms with Gasteiger partial charge < -0.3 is 0 Å². The van der Waals surface area contributed by atoms with Crippen LogP contribution in [0.3, 0.4) is 0 Å². The molecular weight excluding hydrogens is 122 g/mol. The predicted molar refractivity (Wildman–Crippen MR) is 40.8 cm³/mol. The van der Waals surface area contributed by atoms with Crippen LogP contribution in [0, 0.1) is 11.8 Å². The predicted octanol–water partition coefficient (Wildman–Crippen LogP) is 1.49. The molecule has 0 aromatic carbocycles. The average Bonchev–Trinajstić information content (AvgIpc) is 1.82. The molecule has 1 saturated carbocycles. The van der Waals surface area contributed by atoms with Crippen molar-refractivity contribution in [3.8, 4) is 0 Å². The van der Waals surface area contributed by atoms with Gasteiger partial charge in [-0.25, -0.2) is 0 Å². The normalized spacial score (nSPS) is 52.2. The third kappa shape index (κ3) is 0.572. The van der Waals surface area contributed by atoms with E-state index in [9.17, 15) is 0 Å². The van der Waals surface area contributed by atoms with E-state index in [1.165, 1.54) is 25.9 Å². The third-order valence-electron chi connectivity index (χ3n) is 3.88. The number of rotatable bonds is 0. The summed E-state index contributed by atoms with van der Waals surface area (Å²) in [5.74, 6) is 2.28. The molecule has 1 nitrogen and oxygen atoms in total. The van der Waals surface area contributed by atoms with Gasteiger partial charge in [-0.15, -0.1) is 0 Å². The van der Waals surface area contributed by atoms with E-state index >= 15 is 0 Å². The van der Waals surface area contributed by atoms with Crippen molar-refractivity contribution < 1.29 is 0 Å². The second-order valence-electron chi connectivity index (χ2n) is 4.27. The lowest BCUT2D eigenvalue weighted by atomic mass is 9.65. The molecule has 2 heterocycles. The Hall–Kier alpha value is -0.0400. The van der Waals surface area contributed by atoms with Crippen LogP contribution in [0.1, 0.15) is 25.7 Å². The topological polar surface area (TPSA) is 3.24 Å². The van der Waals surface area contributed by atoms with Crippen molar-refractivity contribution in [2.75, 3.05) is 13.1 Å². The second kappa shape index (κ2) is 1.76. The van der Waals surface area contributed by atoms with Gasteiger partial charge >= 0.3 is 0 Å². The van der Waals surface area contributed by atoms with Crippen molar-refractivity contribution in [1.82, 2.24) is 4.90 Å². The van der Waals surface area contributed by atoms with Crippen LogP contribution >= 0.6 is 0 Å². The molecule has 2 aliphatic heterocycles. The van der Waals surface area contributed by atoms with Crippen LogP contribution in [0.25, 0.3) is 0 Å². The van der Waals surface area contributed by atoms with Gasteiger partial charge in [0.2, 0.25) is 0 Å². The summed E-state index contributed by atoms with van der Waals surface area (Å²) in [6, 6.07) is 1.03. The van der Waals surface area contributed by atoms with Crippen LogP contribution in [-0.2, 0) is 0 Å². The Bertz CT molecular complexity index is 121. The number of hydrogen-bond acceptors (Lipinski definition) is 1. The standard InChI is InChI=1S/C9H15N/c1-2-8-6-10-4-3-9(10)5-7(1)8/h7-9H,1-6H2/t7-,8+,9+/m0/s1. The van der Waals surface area contributed by atoms with Gasteiger partial charge in [0.1, 0.15) is 0 Å². The molecule has 0 aromatic rings. The van der Waals surface area contributed by atoms with Crippen molar-refractivity contribution >= 4 is 0 Å². The number of piperidine rings is 1. The first-order valence-electron chi connectivity index (χ1n) is 4.67. The molecule has 0 amide bonds. The van der Waals surface area contributed by atoms with Crippen molar-refractivity contribution in [1.29, 1.82) is 0 Å². The zero-order valence-corrected chi connectivity index (χ0v) is 6.42. The second-order valence-corrected chi connectivity index (χ2v) is 4.27. The molecule has 10 heavy (non-hydrogen) atoms. The summed E-state index contributed by atoms with van der Waals surface area (Å²) in [6.45, 7) is 2.86. The van der Waals surface area contributed by atoms with E-state index in [1.807, 2.05) is 0 Å². The van der Waals surface area contributed by atoms with Crippen LogP contribution in [0.4, 0.5) is 0 Å². The van der Waals surface area contributed by atoms with Crippen molar-refractivity contribution in [2.45, 2.75) is 31.7 Å². The fraction of sp³-hybridized carbons (Fsp3) is 1.00. The fourth-order valence-electron chi connectivity index (χ4n) is 2.84. The fourth-order valence-corrected chi connectivity index (χ4v) is 2.84. The molecule has 2 saturated heterocycles. The maximum atomic E-state index is 2.69. The molecule has 0 aromatic heterocycles. The molecule has 56 valence electrons. The largest absolute Gasteiger partial charge is 0.300 e. The van der Waals surface area contributed by atoms with E-state index in [1.54, 1.807) is 12.8 Å². The first-order valence-corrected chi connectivity index (χ1v) is 4.67. The van der Waals surface area contributed by atoms with E-state index in [-0.39, 0.29) is 0 Å². The summed E-state index contributed by atoms with van der Waals surface area (Å²) in [5, 5.41) is 0. The lowest BCUT2D eigenvalue weighted by molar-refractivity contribution is -0.0471. The maximum absolute atomic E-state index is 2.69. The van der Waals surface area contributed by atoms with E-state index in [0.717, 1.165) is 17.9 Å². The highest BCUT2D eigenvalue weighted by Crippen LogP contribution is 2.45. The van der Waals surface area contributed by atoms with Gasteiger partial charge in [-0.05, 0) is 44.1 Å². The smallest absolute Gasteiger partial charge is 0.0110 e. The molecule has 3 fully saturated rings. The monoisotopic (exact) mass is 137 g/mol. The first kappa shape index (κ1) is 5.59. The number of nitrogens with zero attached hydrogens (tertiary/aromatic N) is 1. The maximum Gasteiger partial charge on any atom is 0.0110 e. The van der Waals surface area contributed by atoms with Gasteiger partial charge in [0.05, 0.1) is 0 Å². The lowest BCUT2D eigenvalue weighted by Crippen LogP contribution is -2.57. The van der Waals surface area contributed by atoms with E-state index in [2.05, 4.69) is 4.90 Å². The third-order valence-corrected chi connectivity index (χ3v) is 3.88. The summed E-state index contributed by atoms with van der Waals surface area (Å²) in [7, 11) is 0. The molecule has 3 rings (SSSR count). The van der Waals surface area contributed by atoms with Crippen molar-refractivity contribution in [3.63, 3.8) is 0 Å². The van der Waals surface area contributed by atoms with Crippen LogP contribution in [-0.4, -0.2) is 24.0 Å². The number of fused-ring (bicyclic) bond motifs is 2. The van der Waals surface area contributed by atoms with E-state index < -0.39 is 0 Å². The van der Waals surface area contributed by atoms with Gasteiger partial charge in [0.15, 0.2) is 0 Å². The number of hydrogen-bond donors (Lipinski definition) is 0.